The second-order valence-corrected chi connectivity index (χ2v) is 6.80. The average Bonchev–Trinajstić information content (AvgIpc) is 3.09. The van der Waals surface area contributed by atoms with Crippen molar-refractivity contribution in [3.05, 3.63) is 83.8 Å². The van der Waals surface area contributed by atoms with Crippen molar-refractivity contribution in [1.29, 1.82) is 0 Å². The van der Waals surface area contributed by atoms with Crippen LogP contribution in [0.25, 0.3) is 0 Å². The molecule has 4 rings (SSSR count). The maximum atomic E-state index is 13.4. The number of benzene rings is 2. The van der Waals surface area contributed by atoms with Gasteiger partial charge in [0.15, 0.2) is 12.3 Å². The van der Waals surface area contributed by atoms with Gasteiger partial charge in [0.05, 0.1) is 12.2 Å². The summed E-state index contributed by atoms with van der Waals surface area (Å²) < 4.78 is 18.8. The summed E-state index contributed by atoms with van der Waals surface area (Å²) in [6.07, 6.45) is 1.67. The number of halogens is 1. The summed E-state index contributed by atoms with van der Waals surface area (Å²) in [7, 11) is 0. The van der Waals surface area contributed by atoms with Crippen LogP contribution in [0.2, 0.25) is 0 Å². The summed E-state index contributed by atoms with van der Waals surface area (Å²) >= 11 is 0. The SMILES string of the molecule is NC(=O)COc1cccc([N+]2(CCO)N=C(c3ccc(F)cc3)c3cccnc32)c1. The molecule has 30 heavy (non-hydrogen) atoms. The van der Waals surface area contributed by atoms with E-state index in [4.69, 9.17) is 15.6 Å². The first kappa shape index (κ1) is 19.7. The van der Waals surface area contributed by atoms with Crippen LogP contribution in [0, 0.1) is 5.82 Å². The summed E-state index contributed by atoms with van der Waals surface area (Å²) in [6.45, 7) is -0.168. The molecule has 1 aliphatic heterocycles. The number of rotatable bonds is 7. The lowest BCUT2D eigenvalue weighted by atomic mass is 10.0. The van der Waals surface area contributed by atoms with Gasteiger partial charge in [0, 0.05) is 23.9 Å². The van der Waals surface area contributed by atoms with E-state index in [-0.39, 0.29) is 30.2 Å². The van der Waals surface area contributed by atoms with Gasteiger partial charge in [-0.3, -0.25) is 4.79 Å². The zero-order valence-corrected chi connectivity index (χ0v) is 16.0. The number of carbonyl (C=O) groups excluding carboxylic acids is 1. The summed E-state index contributed by atoms with van der Waals surface area (Å²) in [4.78, 5) is 15.6. The molecule has 1 atom stereocenters. The Morgan fingerprint density at radius 2 is 1.93 bits per heavy atom. The molecule has 0 saturated heterocycles. The molecule has 1 amide bonds. The summed E-state index contributed by atoms with van der Waals surface area (Å²) in [5, 5.41) is 14.8. The van der Waals surface area contributed by atoms with E-state index in [9.17, 15) is 14.3 Å². The van der Waals surface area contributed by atoms with E-state index in [1.165, 1.54) is 12.1 Å². The van der Waals surface area contributed by atoms with Crippen molar-refractivity contribution >= 4 is 23.1 Å². The molecule has 8 heteroatoms. The van der Waals surface area contributed by atoms with Gasteiger partial charge in [-0.2, -0.15) is 0 Å². The molecule has 0 bridgehead atoms. The minimum absolute atomic E-state index is 0.0901. The van der Waals surface area contributed by atoms with Crippen LogP contribution in [-0.4, -0.2) is 41.5 Å². The first-order valence-corrected chi connectivity index (χ1v) is 9.36. The van der Waals surface area contributed by atoms with Gasteiger partial charge in [0.2, 0.25) is 0 Å². The fourth-order valence-corrected chi connectivity index (χ4v) is 3.54. The lowest BCUT2D eigenvalue weighted by Gasteiger charge is -2.27. The first-order chi connectivity index (χ1) is 14.5. The number of carbonyl (C=O) groups is 1. The molecule has 0 saturated carbocycles. The van der Waals surface area contributed by atoms with E-state index in [1.54, 1.807) is 36.5 Å². The van der Waals surface area contributed by atoms with E-state index >= 15 is 0 Å². The van der Waals surface area contributed by atoms with E-state index < -0.39 is 5.91 Å². The molecule has 1 aliphatic rings. The molecule has 1 unspecified atom stereocenters. The second kappa shape index (κ2) is 8.02. The third-order valence-corrected chi connectivity index (χ3v) is 4.83. The van der Waals surface area contributed by atoms with Gasteiger partial charge in [-0.05, 0) is 42.5 Å². The largest absolute Gasteiger partial charge is 0.484 e. The van der Waals surface area contributed by atoms with E-state index in [0.717, 1.165) is 11.1 Å². The maximum absolute atomic E-state index is 13.4. The summed E-state index contributed by atoms with van der Waals surface area (Å²) in [5.41, 5.74) is 8.05. The summed E-state index contributed by atoms with van der Waals surface area (Å²) in [6, 6.07) is 16.9. The predicted octanol–water partition coefficient (Wildman–Crippen LogP) is 2.48. The topological polar surface area (TPSA) is 97.8 Å². The Bertz CT molecular complexity index is 1120. The minimum atomic E-state index is -0.579. The number of ether oxygens (including phenoxy) is 1. The smallest absolute Gasteiger partial charge is 0.269 e. The van der Waals surface area contributed by atoms with Crippen LogP contribution < -0.4 is 15.1 Å². The lowest BCUT2D eigenvalue weighted by Crippen LogP contribution is -2.40. The molecular weight excluding hydrogens is 387 g/mol. The number of pyridine rings is 1. The van der Waals surface area contributed by atoms with Gasteiger partial charge in [-0.25, -0.2) is 9.37 Å². The number of aliphatic hydroxyl groups is 1. The van der Waals surface area contributed by atoms with Gasteiger partial charge in [0.1, 0.15) is 23.8 Å². The van der Waals surface area contributed by atoms with Crippen LogP contribution in [0.5, 0.6) is 5.75 Å². The van der Waals surface area contributed by atoms with Crippen molar-refractivity contribution in [2.24, 2.45) is 10.8 Å². The predicted molar refractivity (Wildman–Crippen MR) is 111 cm³/mol. The standard InChI is InChI=1S/C22H19FN4O3/c23-16-8-6-15(7-9-16)21-19-5-2-10-25-22(19)27(26-21,11-12-28)17-3-1-4-18(13-17)30-14-20(24)29/h1-10,13,28H,11-12,14H2,(H-,24,29)/p+1. The van der Waals surface area contributed by atoms with Crippen molar-refractivity contribution in [2.75, 3.05) is 19.8 Å². The molecule has 3 N–H and O–H groups in total. The minimum Gasteiger partial charge on any atom is -0.484 e. The number of primary amides is 1. The Morgan fingerprint density at radius 1 is 1.13 bits per heavy atom. The number of quaternary nitrogens is 1. The summed E-state index contributed by atoms with van der Waals surface area (Å²) in [5.74, 6) is 0.172. The van der Waals surface area contributed by atoms with Crippen molar-refractivity contribution in [2.45, 2.75) is 0 Å². The number of fused-ring (bicyclic) bond motifs is 1. The molecule has 0 spiro atoms. The Morgan fingerprint density at radius 3 is 2.67 bits per heavy atom. The van der Waals surface area contributed by atoms with Crippen LogP contribution in [0.4, 0.5) is 15.9 Å². The number of hydrogen-bond donors (Lipinski definition) is 2. The zero-order valence-electron chi connectivity index (χ0n) is 16.0. The molecule has 152 valence electrons. The number of amides is 1. The van der Waals surface area contributed by atoms with Crippen molar-refractivity contribution in [3.63, 3.8) is 0 Å². The highest BCUT2D eigenvalue weighted by Gasteiger charge is 2.45. The molecular formula is C22H20FN4O3+. The van der Waals surface area contributed by atoms with E-state index in [2.05, 4.69) is 4.98 Å². The normalized spacial score (nSPS) is 17.3. The van der Waals surface area contributed by atoms with Crippen LogP contribution >= 0.6 is 0 Å². The molecule has 0 aliphatic carbocycles. The molecule has 3 aromatic rings. The molecule has 0 radical (unpaired) electrons. The fraction of sp³-hybridized carbons (Fsp3) is 0.136. The molecule has 1 aromatic heterocycles. The number of aromatic nitrogens is 1. The maximum Gasteiger partial charge on any atom is 0.269 e. The Kier molecular flexibility index (Phi) is 5.26. The Balaban J connectivity index is 1.87. The van der Waals surface area contributed by atoms with Crippen LogP contribution in [0.1, 0.15) is 11.1 Å². The Hall–Kier alpha value is -3.62. The highest BCUT2D eigenvalue weighted by Crippen LogP contribution is 2.43. The van der Waals surface area contributed by atoms with E-state index in [1.807, 2.05) is 18.2 Å². The zero-order chi connectivity index (χ0) is 21.1. The van der Waals surface area contributed by atoms with Crippen molar-refractivity contribution in [1.82, 2.24) is 9.58 Å². The van der Waals surface area contributed by atoms with Crippen LogP contribution in [-0.2, 0) is 4.79 Å². The third kappa shape index (κ3) is 3.54. The van der Waals surface area contributed by atoms with Crippen LogP contribution in [0.15, 0.2) is 72.0 Å². The number of nitrogens with two attached hydrogens (primary N) is 1. The second-order valence-electron chi connectivity index (χ2n) is 6.80. The van der Waals surface area contributed by atoms with E-state index in [0.29, 0.717) is 23.0 Å². The van der Waals surface area contributed by atoms with Gasteiger partial charge < -0.3 is 15.6 Å². The monoisotopic (exact) mass is 407 g/mol. The number of hydrogen-bond acceptors (Lipinski definition) is 5. The number of nitrogens with zero attached hydrogens (tertiary/aromatic N) is 3. The lowest BCUT2D eigenvalue weighted by molar-refractivity contribution is -0.119. The molecule has 2 heterocycles. The Labute approximate surface area is 172 Å². The van der Waals surface area contributed by atoms with Crippen LogP contribution in [0.3, 0.4) is 0 Å². The van der Waals surface area contributed by atoms with Gasteiger partial charge in [-0.1, -0.05) is 11.2 Å². The number of aliphatic hydroxyl groups excluding tert-OH is 1. The quantitative estimate of drug-likeness (QED) is 0.588. The average molecular weight is 407 g/mol. The molecule has 2 aromatic carbocycles. The highest BCUT2D eigenvalue weighted by atomic mass is 19.1. The van der Waals surface area contributed by atoms with Gasteiger partial charge in [-0.15, -0.1) is 4.59 Å². The first-order valence-electron chi connectivity index (χ1n) is 9.36. The fourth-order valence-electron chi connectivity index (χ4n) is 3.54. The van der Waals surface area contributed by atoms with Crippen molar-refractivity contribution in [3.8, 4) is 5.75 Å². The van der Waals surface area contributed by atoms with Gasteiger partial charge in [0.25, 0.3) is 11.7 Å². The van der Waals surface area contributed by atoms with Gasteiger partial charge >= 0.3 is 0 Å². The third-order valence-electron chi connectivity index (χ3n) is 4.83. The van der Waals surface area contributed by atoms with Crippen molar-refractivity contribution < 1.29 is 19.0 Å². The molecule has 0 fully saturated rings. The highest BCUT2D eigenvalue weighted by molar-refractivity contribution is 6.17. The molecule has 7 nitrogen and oxygen atoms in total.